The lowest BCUT2D eigenvalue weighted by Crippen LogP contribution is -2.48. The molecule has 2 amide bonds. The van der Waals surface area contributed by atoms with Crippen molar-refractivity contribution in [1.29, 1.82) is 0 Å². The number of urea groups is 1. The van der Waals surface area contributed by atoms with E-state index in [0.29, 0.717) is 38.9 Å². The molecule has 0 aromatic heterocycles. The van der Waals surface area contributed by atoms with E-state index in [4.69, 9.17) is 15.9 Å². The lowest BCUT2D eigenvalue weighted by Gasteiger charge is -2.31. The number of nitrogens with one attached hydrogen (secondary N) is 2. The van der Waals surface area contributed by atoms with Crippen molar-refractivity contribution in [2.45, 2.75) is 44.2 Å². The summed E-state index contributed by atoms with van der Waals surface area (Å²) in [6.45, 7) is 1.82. The van der Waals surface area contributed by atoms with E-state index in [1.165, 1.54) is 0 Å². The van der Waals surface area contributed by atoms with E-state index in [1.807, 2.05) is 4.90 Å². The first-order valence-electron chi connectivity index (χ1n) is 7.85. The Hall–Kier alpha value is -1.87. The summed E-state index contributed by atoms with van der Waals surface area (Å²) < 4.78 is 0. The van der Waals surface area contributed by atoms with E-state index >= 15 is 0 Å². The normalized spacial score (nSPS) is 17.4. The Balaban J connectivity index is 2.06. The van der Waals surface area contributed by atoms with Gasteiger partial charge >= 0.3 is 18.0 Å². The topological polar surface area (TPSA) is 145 Å². The summed E-state index contributed by atoms with van der Waals surface area (Å²) in [6.07, 6.45) is 3.16. The highest BCUT2D eigenvalue weighted by atomic mass is 16.4. The second-order valence-electron chi connectivity index (χ2n) is 5.78. The predicted octanol–water partition coefficient (Wildman–Crippen LogP) is -0.583. The average Bonchev–Trinajstić information content (AvgIpc) is 2.48. The summed E-state index contributed by atoms with van der Waals surface area (Å²) in [5.74, 6) is -1.85. The number of carboxylic acid groups (broad SMARTS) is 2. The summed E-state index contributed by atoms with van der Waals surface area (Å²) in [5, 5.41) is 23.0. The third-order valence-electron chi connectivity index (χ3n) is 3.83. The van der Waals surface area contributed by atoms with E-state index in [-0.39, 0.29) is 18.6 Å². The quantitative estimate of drug-likeness (QED) is 0.355. The van der Waals surface area contributed by atoms with Crippen LogP contribution in [0.5, 0.6) is 0 Å². The number of aliphatic carboxylic acids is 2. The zero-order valence-electron chi connectivity index (χ0n) is 13.2. The third-order valence-corrected chi connectivity index (χ3v) is 3.83. The zero-order chi connectivity index (χ0) is 17.2. The molecule has 0 aromatic rings. The molecule has 0 bridgehead atoms. The van der Waals surface area contributed by atoms with Gasteiger partial charge in [-0.2, -0.15) is 0 Å². The number of piperidine rings is 1. The fraction of sp³-hybridized carbons (Fsp3) is 0.786. The third kappa shape index (κ3) is 8.36. The number of unbranched alkanes of at least 4 members (excludes halogenated alkanes) is 1. The molecule has 1 aliphatic heterocycles. The average molecular weight is 330 g/mol. The van der Waals surface area contributed by atoms with Crippen molar-refractivity contribution in [3.05, 3.63) is 0 Å². The molecular weight excluding hydrogens is 304 g/mol. The summed E-state index contributed by atoms with van der Waals surface area (Å²) in [7, 11) is 0. The maximum absolute atomic E-state index is 11.7. The van der Waals surface area contributed by atoms with Crippen LogP contribution in [0.15, 0.2) is 0 Å². The summed E-state index contributed by atoms with van der Waals surface area (Å²) >= 11 is 0. The standard InChI is InChI=1S/C14H26N4O5/c15-11(13(21)22)3-1-2-6-16-14(23)17-10-4-7-18(8-5-10)9-12(19)20/h10-11H,1-9,15H2,(H,19,20)(H,21,22)(H2,16,17,23)/t11-/m1/s1. The van der Waals surface area contributed by atoms with Crippen molar-refractivity contribution in [3.63, 3.8) is 0 Å². The van der Waals surface area contributed by atoms with E-state index in [0.717, 1.165) is 12.8 Å². The number of carbonyl (C=O) groups excluding carboxylic acids is 1. The van der Waals surface area contributed by atoms with E-state index < -0.39 is 18.0 Å². The van der Waals surface area contributed by atoms with Crippen molar-refractivity contribution in [1.82, 2.24) is 15.5 Å². The molecular formula is C14H26N4O5. The van der Waals surface area contributed by atoms with Gasteiger partial charge in [0.1, 0.15) is 6.04 Å². The first-order chi connectivity index (χ1) is 10.9. The molecule has 9 nitrogen and oxygen atoms in total. The largest absolute Gasteiger partial charge is 0.480 e. The van der Waals surface area contributed by atoms with Gasteiger partial charge < -0.3 is 26.6 Å². The van der Waals surface area contributed by atoms with Gasteiger partial charge in [0.2, 0.25) is 0 Å². The van der Waals surface area contributed by atoms with Crippen LogP contribution < -0.4 is 16.4 Å². The van der Waals surface area contributed by atoms with Crippen LogP contribution in [-0.4, -0.2) is 71.3 Å². The lowest BCUT2D eigenvalue weighted by atomic mass is 10.1. The molecule has 0 saturated carbocycles. The molecule has 0 radical (unpaired) electrons. The Labute approximate surface area is 135 Å². The second kappa shape index (κ2) is 10.0. The number of rotatable bonds is 9. The summed E-state index contributed by atoms with van der Waals surface area (Å²) in [5.41, 5.74) is 5.38. The van der Waals surface area contributed by atoms with Crippen LogP contribution >= 0.6 is 0 Å². The first kappa shape index (κ1) is 19.2. The first-order valence-corrected chi connectivity index (χ1v) is 7.85. The van der Waals surface area contributed by atoms with Gasteiger partial charge in [-0.05, 0) is 32.1 Å². The molecule has 9 heteroatoms. The molecule has 0 unspecified atom stereocenters. The molecule has 23 heavy (non-hydrogen) atoms. The van der Waals surface area contributed by atoms with Crippen molar-refractivity contribution in [2.75, 3.05) is 26.2 Å². The predicted molar refractivity (Wildman–Crippen MR) is 83.1 cm³/mol. The van der Waals surface area contributed by atoms with Crippen LogP contribution in [0.1, 0.15) is 32.1 Å². The van der Waals surface area contributed by atoms with Crippen molar-refractivity contribution in [2.24, 2.45) is 5.73 Å². The van der Waals surface area contributed by atoms with Crippen molar-refractivity contribution < 1.29 is 24.6 Å². The molecule has 0 spiro atoms. The smallest absolute Gasteiger partial charge is 0.320 e. The molecule has 6 N–H and O–H groups in total. The van der Waals surface area contributed by atoms with Gasteiger partial charge in [-0.15, -0.1) is 0 Å². The Kier molecular flexibility index (Phi) is 8.35. The number of hydrogen-bond acceptors (Lipinski definition) is 5. The summed E-state index contributed by atoms with van der Waals surface area (Å²) in [4.78, 5) is 34.7. The maximum Gasteiger partial charge on any atom is 0.320 e. The molecule has 1 atom stereocenters. The fourth-order valence-corrected chi connectivity index (χ4v) is 2.48. The number of carboxylic acids is 2. The summed E-state index contributed by atoms with van der Waals surface area (Å²) in [6, 6.07) is -1.04. The minimum Gasteiger partial charge on any atom is -0.480 e. The number of nitrogens with two attached hydrogens (primary N) is 1. The van der Waals surface area contributed by atoms with Crippen LogP contribution in [0.3, 0.4) is 0 Å². The number of amides is 2. The van der Waals surface area contributed by atoms with Crippen molar-refractivity contribution >= 4 is 18.0 Å². The monoisotopic (exact) mass is 330 g/mol. The molecule has 1 saturated heterocycles. The number of carbonyl (C=O) groups is 3. The highest BCUT2D eigenvalue weighted by molar-refractivity contribution is 5.74. The number of nitrogens with zero attached hydrogens (tertiary/aromatic N) is 1. The minimum atomic E-state index is -1.01. The molecule has 1 aliphatic rings. The van der Waals surface area contributed by atoms with E-state index in [1.54, 1.807) is 0 Å². The SMILES string of the molecule is N[C@H](CCCCNC(=O)NC1CCN(CC(=O)O)CC1)C(=O)O. The maximum atomic E-state index is 11.7. The van der Waals surface area contributed by atoms with Crippen LogP contribution in [0.2, 0.25) is 0 Å². The van der Waals surface area contributed by atoms with Gasteiger partial charge in [0.25, 0.3) is 0 Å². The molecule has 132 valence electrons. The van der Waals surface area contributed by atoms with Gasteiger partial charge in [-0.25, -0.2) is 4.79 Å². The van der Waals surface area contributed by atoms with Crippen LogP contribution in [-0.2, 0) is 9.59 Å². The Bertz CT molecular complexity index is 410. The van der Waals surface area contributed by atoms with Crippen LogP contribution in [0.4, 0.5) is 4.79 Å². The molecule has 0 aliphatic carbocycles. The minimum absolute atomic E-state index is 0.0391. The zero-order valence-corrected chi connectivity index (χ0v) is 13.2. The molecule has 1 fully saturated rings. The molecule has 0 aromatic carbocycles. The Morgan fingerprint density at radius 2 is 1.83 bits per heavy atom. The molecule has 1 rings (SSSR count). The number of likely N-dealkylation sites (tertiary alicyclic amines) is 1. The van der Waals surface area contributed by atoms with Gasteiger partial charge in [0.05, 0.1) is 6.54 Å². The second-order valence-corrected chi connectivity index (χ2v) is 5.78. The van der Waals surface area contributed by atoms with E-state index in [9.17, 15) is 14.4 Å². The highest BCUT2D eigenvalue weighted by Gasteiger charge is 2.21. The van der Waals surface area contributed by atoms with Crippen molar-refractivity contribution in [3.8, 4) is 0 Å². The van der Waals surface area contributed by atoms with Gasteiger partial charge in [-0.1, -0.05) is 0 Å². The van der Waals surface area contributed by atoms with Gasteiger partial charge in [-0.3, -0.25) is 14.5 Å². The fourth-order valence-electron chi connectivity index (χ4n) is 2.48. The van der Waals surface area contributed by atoms with Crippen LogP contribution in [0.25, 0.3) is 0 Å². The number of hydrogen-bond donors (Lipinski definition) is 5. The van der Waals surface area contributed by atoms with Gasteiger partial charge in [0.15, 0.2) is 0 Å². The molecule has 1 heterocycles. The Morgan fingerprint density at radius 1 is 1.17 bits per heavy atom. The van der Waals surface area contributed by atoms with Crippen LogP contribution in [0, 0.1) is 0 Å². The highest BCUT2D eigenvalue weighted by Crippen LogP contribution is 2.09. The lowest BCUT2D eigenvalue weighted by molar-refractivity contribution is -0.139. The van der Waals surface area contributed by atoms with Gasteiger partial charge in [0, 0.05) is 25.7 Å². The van der Waals surface area contributed by atoms with E-state index in [2.05, 4.69) is 10.6 Å². The Morgan fingerprint density at radius 3 is 2.39 bits per heavy atom.